The summed E-state index contributed by atoms with van der Waals surface area (Å²) < 4.78 is 0. The average molecular weight is 195 g/mol. The molecule has 13 heavy (non-hydrogen) atoms. The fraction of sp³-hybridized carbons (Fsp3) is 0.545. The van der Waals surface area contributed by atoms with Crippen LogP contribution in [0.15, 0.2) is 6.08 Å². The first-order valence-corrected chi connectivity index (χ1v) is 5.87. The molecular formula is C11H17NS. The molecule has 0 saturated carbocycles. The lowest BCUT2D eigenvalue weighted by molar-refractivity contribution is 0.994. The molecule has 0 bridgehead atoms. The Morgan fingerprint density at radius 1 is 1.46 bits per heavy atom. The van der Waals surface area contributed by atoms with Crippen molar-refractivity contribution >= 4 is 17.4 Å². The largest absolute Gasteiger partial charge is 0.242 e. The predicted octanol–water partition coefficient (Wildman–Crippen LogP) is 3.69. The van der Waals surface area contributed by atoms with Crippen molar-refractivity contribution in [2.75, 3.05) is 0 Å². The van der Waals surface area contributed by atoms with E-state index in [1.165, 1.54) is 28.4 Å². The third-order valence-corrected chi connectivity index (χ3v) is 3.16. The number of allylic oxidation sites excluding steroid dienone is 1. The first kappa shape index (κ1) is 10.5. The zero-order valence-corrected chi connectivity index (χ0v) is 9.45. The van der Waals surface area contributed by atoms with E-state index in [1.54, 1.807) is 0 Å². The third-order valence-electron chi connectivity index (χ3n) is 1.89. The second-order valence-electron chi connectivity index (χ2n) is 2.71. The van der Waals surface area contributed by atoms with Gasteiger partial charge in [0.1, 0.15) is 0 Å². The zero-order chi connectivity index (χ0) is 9.68. The van der Waals surface area contributed by atoms with Crippen LogP contribution in [0, 0.1) is 0 Å². The molecule has 1 nitrogen and oxygen atoms in total. The quantitative estimate of drug-likeness (QED) is 0.666. The lowest BCUT2D eigenvalue weighted by Crippen LogP contribution is -1.88. The molecule has 0 N–H and O–H groups in total. The second-order valence-corrected chi connectivity index (χ2v) is 3.88. The first-order valence-electron chi connectivity index (χ1n) is 5.05. The zero-order valence-electron chi connectivity index (χ0n) is 8.63. The number of aryl methyl sites for hydroxylation is 2. The molecule has 0 saturated heterocycles. The van der Waals surface area contributed by atoms with Gasteiger partial charge in [-0.05, 0) is 25.3 Å². The van der Waals surface area contributed by atoms with Gasteiger partial charge in [-0.1, -0.05) is 26.8 Å². The van der Waals surface area contributed by atoms with Crippen LogP contribution in [-0.2, 0) is 12.8 Å². The van der Waals surface area contributed by atoms with Crippen LogP contribution in [0.2, 0.25) is 0 Å². The van der Waals surface area contributed by atoms with E-state index in [0.29, 0.717) is 0 Å². The highest BCUT2D eigenvalue weighted by atomic mass is 32.1. The van der Waals surface area contributed by atoms with Crippen molar-refractivity contribution in [1.29, 1.82) is 0 Å². The van der Waals surface area contributed by atoms with Gasteiger partial charge in [0, 0.05) is 4.88 Å². The van der Waals surface area contributed by atoms with Crippen LogP contribution in [0.25, 0.3) is 6.08 Å². The lowest BCUT2D eigenvalue weighted by Gasteiger charge is -1.99. The van der Waals surface area contributed by atoms with Gasteiger partial charge in [-0.25, -0.2) is 4.98 Å². The lowest BCUT2D eigenvalue weighted by atomic mass is 10.1. The average Bonchev–Trinajstić information content (AvgIpc) is 2.63. The summed E-state index contributed by atoms with van der Waals surface area (Å²) in [6.07, 6.45) is 7.82. The van der Waals surface area contributed by atoms with Crippen LogP contribution in [0.4, 0.5) is 0 Å². The molecule has 0 radical (unpaired) electrons. The molecule has 1 aliphatic carbocycles. The van der Waals surface area contributed by atoms with Gasteiger partial charge >= 0.3 is 0 Å². The molecule has 0 atom stereocenters. The van der Waals surface area contributed by atoms with Gasteiger partial charge in [-0.2, -0.15) is 0 Å². The van der Waals surface area contributed by atoms with Gasteiger partial charge in [0.2, 0.25) is 0 Å². The summed E-state index contributed by atoms with van der Waals surface area (Å²) in [5, 5.41) is 1.28. The topological polar surface area (TPSA) is 12.9 Å². The number of aromatic nitrogens is 1. The van der Waals surface area contributed by atoms with Crippen LogP contribution in [0.5, 0.6) is 0 Å². The molecule has 1 aromatic heterocycles. The van der Waals surface area contributed by atoms with E-state index in [2.05, 4.69) is 24.1 Å². The van der Waals surface area contributed by atoms with Crippen molar-refractivity contribution in [3.05, 3.63) is 21.7 Å². The molecule has 0 fully saturated rings. The maximum atomic E-state index is 4.50. The number of fused-ring (bicyclic) bond motifs is 1. The normalized spacial score (nSPS) is 13.2. The minimum atomic E-state index is 1.07. The standard InChI is InChI=1S/C9H11NS.C2H6/c1-2-9-10-7-5-3-4-6-8(7)11-9;1-2/h3,5H,2,4,6H2,1H3;1-2H3. The smallest absolute Gasteiger partial charge is 0.0932 e. The maximum absolute atomic E-state index is 4.50. The van der Waals surface area contributed by atoms with Gasteiger partial charge in [-0.15, -0.1) is 11.3 Å². The van der Waals surface area contributed by atoms with E-state index >= 15 is 0 Å². The van der Waals surface area contributed by atoms with Gasteiger partial charge in [0.15, 0.2) is 0 Å². The summed E-state index contributed by atoms with van der Waals surface area (Å²) >= 11 is 1.87. The molecule has 1 aliphatic rings. The van der Waals surface area contributed by atoms with Crippen LogP contribution in [0.1, 0.15) is 42.8 Å². The molecule has 72 valence electrons. The van der Waals surface area contributed by atoms with Crippen molar-refractivity contribution in [3.8, 4) is 0 Å². The van der Waals surface area contributed by atoms with E-state index < -0.39 is 0 Å². The van der Waals surface area contributed by atoms with Crippen molar-refractivity contribution in [2.45, 2.75) is 40.0 Å². The number of hydrogen-bond acceptors (Lipinski definition) is 2. The van der Waals surface area contributed by atoms with Gasteiger partial charge in [0.25, 0.3) is 0 Å². The van der Waals surface area contributed by atoms with E-state index in [1.807, 2.05) is 25.2 Å². The second kappa shape index (κ2) is 5.18. The van der Waals surface area contributed by atoms with E-state index in [-0.39, 0.29) is 0 Å². The number of nitrogens with zero attached hydrogens (tertiary/aromatic N) is 1. The highest BCUT2D eigenvalue weighted by Gasteiger charge is 2.09. The minimum absolute atomic E-state index is 1.07. The van der Waals surface area contributed by atoms with E-state index in [9.17, 15) is 0 Å². The Hall–Kier alpha value is -0.630. The van der Waals surface area contributed by atoms with Crippen molar-refractivity contribution in [1.82, 2.24) is 4.98 Å². The maximum Gasteiger partial charge on any atom is 0.0932 e. The summed E-state index contributed by atoms with van der Waals surface area (Å²) in [6.45, 7) is 6.16. The fourth-order valence-corrected chi connectivity index (χ4v) is 2.29. The van der Waals surface area contributed by atoms with Crippen molar-refractivity contribution in [2.24, 2.45) is 0 Å². The summed E-state index contributed by atoms with van der Waals surface area (Å²) in [4.78, 5) is 5.98. The van der Waals surface area contributed by atoms with Gasteiger partial charge in [0.05, 0.1) is 10.7 Å². The Kier molecular flexibility index (Phi) is 4.16. The van der Waals surface area contributed by atoms with Crippen molar-refractivity contribution < 1.29 is 0 Å². The summed E-state index contributed by atoms with van der Waals surface area (Å²) in [7, 11) is 0. The molecule has 2 heteroatoms. The van der Waals surface area contributed by atoms with Crippen LogP contribution >= 0.6 is 11.3 Å². The summed E-state index contributed by atoms with van der Waals surface area (Å²) in [6, 6.07) is 0. The number of thiazole rings is 1. The SMILES string of the molecule is CC.CCc1nc2c(s1)CCC=C2. The number of hydrogen-bond donors (Lipinski definition) is 0. The monoisotopic (exact) mass is 195 g/mol. The molecule has 0 amide bonds. The highest BCUT2D eigenvalue weighted by Crippen LogP contribution is 2.25. The molecule has 0 unspecified atom stereocenters. The van der Waals surface area contributed by atoms with E-state index in [0.717, 1.165) is 6.42 Å². The summed E-state index contributed by atoms with van der Waals surface area (Å²) in [5.41, 5.74) is 1.22. The highest BCUT2D eigenvalue weighted by molar-refractivity contribution is 7.11. The molecule has 0 spiro atoms. The Morgan fingerprint density at radius 3 is 2.85 bits per heavy atom. The number of rotatable bonds is 1. The van der Waals surface area contributed by atoms with Gasteiger partial charge < -0.3 is 0 Å². The molecule has 1 aromatic rings. The molecule has 0 aliphatic heterocycles. The molecule has 1 heterocycles. The Morgan fingerprint density at radius 2 is 2.23 bits per heavy atom. The molecular weight excluding hydrogens is 178 g/mol. The predicted molar refractivity (Wildman–Crippen MR) is 60.2 cm³/mol. The van der Waals surface area contributed by atoms with Crippen LogP contribution in [0.3, 0.4) is 0 Å². The molecule has 2 rings (SSSR count). The van der Waals surface area contributed by atoms with Gasteiger partial charge in [-0.3, -0.25) is 0 Å². The summed E-state index contributed by atoms with van der Waals surface area (Å²) in [5.74, 6) is 0. The van der Waals surface area contributed by atoms with Crippen LogP contribution < -0.4 is 0 Å². The molecule has 0 aromatic carbocycles. The first-order chi connectivity index (χ1) is 6.40. The minimum Gasteiger partial charge on any atom is -0.242 e. The van der Waals surface area contributed by atoms with Crippen molar-refractivity contribution in [3.63, 3.8) is 0 Å². The Bertz CT molecular complexity index is 286. The fourth-order valence-electron chi connectivity index (χ4n) is 1.28. The van der Waals surface area contributed by atoms with Crippen LogP contribution in [-0.4, -0.2) is 4.98 Å². The van der Waals surface area contributed by atoms with E-state index in [4.69, 9.17) is 0 Å². The Balaban J connectivity index is 0.000000396. The Labute approximate surface area is 84.5 Å². The third kappa shape index (κ3) is 2.41.